The van der Waals surface area contributed by atoms with Crippen molar-refractivity contribution in [2.45, 2.75) is 32.7 Å². The van der Waals surface area contributed by atoms with Gasteiger partial charge in [-0.05, 0) is 36.6 Å². The topological polar surface area (TPSA) is 32.3 Å². The smallest absolute Gasteiger partial charge is 0.243 e. The lowest BCUT2D eigenvalue weighted by Crippen LogP contribution is -2.35. The maximum absolute atomic E-state index is 12.1. The Hall–Kier alpha value is -1.35. The second kappa shape index (κ2) is 6.01. The van der Waals surface area contributed by atoms with Gasteiger partial charge in [0, 0.05) is 14.1 Å². The molecule has 0 aliphatic rings. The van der Waals surface area contributed by atoms with Crippen LogP contribution in [0.4, 0.5) is 0 Å². The Balaban J connectivity index is 3.11. The van der Waals surface area contributed by atoms with Crippen LogP contribution in [-0.4, -0.2) is 32.0 Å². The first-order valence-corrected chi connectivity index (χ1v) is 6.37. The van der Waals surface area contributed by atoms with Crippen molar-refractivity contribution in [3.05, 3.63) is 34.9 Å². The van der Waals surface area contributed by atoms with Gasteiger partial charge in [0.05, 0.1) is 0 Å². The van der Waals surface area contributed by atoms with Crippen molar-refractivity contribution in [1.29, 1.82) is 0 Å². The molecule has 0 aliphatic heterocycles. The van der Waals surface area contributed by atoms with Crippen LogP contribution in [0.2, 0.25) is 0 Å². The van der Waals surface area contributed by atoms with Gasteiger partial charge in [0.1, 0.15) is 6.04 Å². The van der Waals surface area contributed by atoms with Gasteiger partial charge in [0.2, 0.25) is 5.91 Å². The van der Waals surface area contributed by atoms with Gasteiger partial charge in [0.25, 0.3) is 0 Å². The largest absolute Gasteiger partial charge is 0.347 e. The summed E-state index contributed by atoms with van der Waals surface area (Å²) in [6.45, 7) is 6.42. The molecule has 0 aliphatic carbocycles. The van der Waals surface area contributed by atoms with Crippen LogP contribution < -0.4 is 5.32 Å². The van der Waals surface area contributed by atoms with Crippen molar-refractivity contribution in [3.63, 3.8) is 0 Å². The molecule has 3 nitrogen and oxygen atoms in total. The summed E-state index contributed by atoms with van der Waals surface area (Å²) >= 11 is 0. The van der Waals surface area contributed by atoms with Gasteiger partial charge in [-0.2, -0.15) is 0 Å². The predicted octanol–water partition coefficient (Wildman–Crippen LogP) is 2.47. The monoisotopic (exact) mass is 248 g/mol. The highest BCUT2D eigenvalue weighted by atomic mass is 16.2. The summed E-state index contributed by atoms with van der Waals surface area (Å²) in [5.74, 6) is 0.591. The average Bonchev–Trinajstić information content (AvgIpc) is 2.31. The molecule has 0 saturated carbocycles. The molecule has 1 unspecified atom stereocenters. The zero-order chi connectivity index (χ0) is 13.9. The Morgan fingerprint density at radius 1 is 1.28 bits per heavy atom. The SMILES string of the molecule is CNC(C(=O)N(C)C)c1ccc(C(C)C)cc1C. The number of hydrogen-bond acceptors (Lipinski definition) is 2. The number of carbonyl (C=O) groups is 1. The first-order valence-electron chi connectivity index (χ1n) is 6.37. The van der Waals surface area contributed by atoms with Crippen LogP contribution in [0, 0.1) is 6.92 Å². The van der Waals surface area contributed by atoms with E-state index in [1.807, 2.05) is 7.05 Å². The van der Waals surface area contributed by atoms with Gasteiger partial charge < -0.3 is 10.2 Å². The van der Waals surface area contributed by atoms with E-state index in [0.717, 1.165) is 11.1 Å². The van der Waals surface area contributed by atoms with Gasteiger partial charge in [-0.1, -0.05) is 32.0 Å². The number of benzene rings is 1. The highest BCUT2D eigenvalue weighted by molar-refractivity contribution is 5.83. The van der Waals surface area contributed by atoms with Crippen LogP contribution in [0.1, 0.15) is 42.5 Å². The molecular formula is C15H24N2O. The summed E-state index contributed by atoms with van der Waals surface area (Å²) in [6, 6.07) is 6.09. The number of likely N-dealkylation sites (N-methyl/N-ethyl adjacent to an activating group) is 2. The van der Waals surface area contributed by atoms with Gasteiger partial charge in [-0.15, -0.1) is 0 Å². The predicted molar refractivity (Wildman–Crippen MR) is 75.8 cm³/mol. The van der Waals surface area contributed by atoms with Crippen molar-refractivity contribution in [1.82, 2.24) is 10.2 Å². The zero-order valence-corrected chi connectivity index (χ0v) is 12.2. The fourth-order valence-electron chi connectivity index (χ4n) is 2.05. The Labute approximate surface area is 110 Å². The summed E-state index contributed by atoms with van der Waals surface area (Å²) in [4.78, 5) is 13.7. The second-order valence-corrected chi connectivity index (χ2v) is 5.23. The molecule has 0 fully saturated rings. The molecule has 0 saturated heterocycles. The van der Waals surface area contributed by atoms with Gasteiger partial charge in [-0.25, -0.2) is 0 Å². The third-order valence-electron chi connectivity index (χ3n) is 3.25. The van der Waals surface area contributed by atoms with E-state index in [4.69, 9.17) is 0 Å². The summed E-state index contributed by atoms with van der Waals surface area (Å²) in [5, 5.41) is 3.10. The van der Waals surface area contributed by atoms with E-state index in [1.165, 1.54) is 5.56 Å². The lowest BCUT2D eigenvalue weighted by Gasteiger charge is -2.22. The molecule has 0 bridgehead atoms. The first kappa shape index (κ1) is 14.7. The fraction of sp³-hybridized carbons (Fsp3) is 0.533. The minimum Gasteiger partial charge on any atom is -0.347 e. The van der Waals surface area contributed by atoms with Crippen molar-refractivity contribution < 1.29 is 4.79 Å². The molecule has 1 amide bonds. The molecule has 0 spiro atoms. The number of nitrogens with zero attached hydrogens (tertiary/aromatic N) is 1. The van der Waals surface area contributed by atoms with Gasteiger partial charge in [0.15, 0.2) is 0 Å². The number of nitrogens with one attached hydrogen (secondary N) is 1. The molecule has 0 heterocycles. The lowest BCUT2D eigenvalue weighted by atomic mass is 9.94. The van der Waals surface area contributed by atoms with Gasteiger partial charge >= 0.3 is 0 Å². The molecular weight excluding hydrogens is 224 g/mol. The third kappa shape index (κ3) is 3.10. The highest BCUT2D eigenvalue weighted by Gasteiger charge is 2.22. The number of carbonyl (C=O) groups excluding carboxylic acids is 1. The minimum atomic E-state index is -0.263. The number of aryl methyl sites for hydroxylation is 1. The Bertz CT molecular complexity index is 425. The molecule has 1 rings (SSSR count). The number of amides is 1. The Morgan fingerprint density at radius 2 is 1.89 bits per heavy atom. The molecule has 18 heavy (non-hydrogen) atoms. The average molecular weight is 248 g/mol. The number of hydrogen-bond donors (Lipinski definition) is 1. The minimum absolute atomic E-state index is 0.0814. The zero-order valence-electron chi connectivity index (χ0n) is 12.2. The Kier molecular flexibility index (Phi) is 4.91. The van der Waals surface area contributed by atoms with Gasteiger partial charge in [-0.3, -0.25) is 4.79 Å². The maximum Gasteiger partial charge on any atom is 0.243 e. The maximum atomic E-state index is 12.1. The van der Waals surface area contributed by atoms with Crippen molar-refractivity contribution in [3.8, 4) is 0 Å². The number of rotatable bonds is 4. The van der Waals surface area contributed by atoms with Crippen LogP contribution in [0.25, 0.3) is 0 Å². The molecule has 0 radical (unpaired) electrons. The van der Waals surface area contributed by atoms with E-state index >= 15 is 0 Å². The van der Waals surface area contributed by atoms with E-state index < -0.39 is 0 Å². The Morgan fingerprint density at radius 3 is 2.28 bits per heavy atom. The molecule has 1 aromatic carbocycles. The van der Waals surface area contributed by atoms with Crippen LogP contribution >= 0.6 is 0 Å². The lowest BCUT2D eigenvalue weighted by molar-refractivity contribution is -0.130. The summed E-state index contributed by atoms with van der Waals surface area (Å²) in [5.41, 5.74) is 3.53. The van der Waals surface area contributed by atoms with E-state index in [9.17, 15) is 4.79 Å². The van der Waals surface area contributed by atoms with Crippen LogP contribution in [0.3, 0.4) is 0 Å². The highest BCUT2D eigenvalue weighted by Crippen LogP contribution is 2.23. The van der Waals surface area contributed by atoms with E-state index in [2.05, 4.69) is 44.3 Å². The molecule has 1 atom stereocenters. The van der Waals surface area contributed by atoms with E-state index in [-0.39, 0.29) is 11.9 Å². The fourth-order valence-corrected chi connectivity index (χ4v) is 2.05. The molecule has 100 valence electrons. The van der Waals surface area contributed by atoms with Crippen LogP contribution in [0.5, 0.6) is 0 Å². The molecule has 0 aromatic heterocycles. The second-order valence-electron chi connectivity index (χ2n) is 5.23. The van der Waals surface area contributed by atoms with Crippen molar-refractivity contribution in [2.24, 2.45) is 0 Å². The quantitative estimate of drug-likeness (QED) is 0.887. The standard InChI is InChI=1S/C15H24N2O/c1-10(2)12-7-8-13(11(3)9-12)14(16-4)15(18)17(5)6/h7-10,14,16H,1-6H3. The first-order chi connectivity index (χ1) is 8.38. The summed E-state index contributed by atoms with van der Waals surface area (Å²) < 4.78 is 0. The molecule has 3 heteroatoms. The summed E-state index contributed by atoms with van der Waals surface area (Å²) in [6.07, 6.45) is 0. The van der Waals surface area contributed by atoms with Crippen LogP contribution in [0.15, 0.2) is 18.2 Å². The van der Waals surface area contributed by atoms with E-state index in [0.29, 0.717) is 5.92 Å². The van der Waals surface area contributed by atoms with Crippen LogP contribution in [-0.2, 0) is 4.79 Å². The normalized spacial score (nSPS) is 12.6. The summed E-state index contributed by atoms with van der Waals surface area (Å²) in [7, 11) is 5.39. The molecule has 1 N–H and O–H groups in total. The third-order valence-corrected chi connectivity index (χ3v) is 3.25. The van der Waals surface area contributed by atoms with Crippen molar-refractivity contribution in [2.75, 3.05) is 21.1 Å². The van der Waals surface area contributed by atoms with Crippen molar-refractivity contribution >= 4 is 5.91 Å². The van der Waals surface area contributed by atoms with E-state index in [1.54, 1.807) is 19.0 Å². The molecule has 1 aromatic rings.